The van der Waals surface area contributed by atoms with Crippen molar-refractivity contribution in [2.24, 2.45) is 0 Å². The lowest BCUT2D eigenvalue weighted by Gasteiger charge is -2.05. The summed E-state index contributed by atoms with van der Waals surface area (Å²) in [6.45, 7) is 1.88. The quantitative estimate of drug-likeness (QED) is 0.602. The van der Waals surface area contributed by atoms with Crippen LogP contribution in [0, 0.1) is 6.92 Å². The maximum atomic E-state index is 12.4. The number of aryl methyl sites for hydroxylation is 1. The Kier molecular flexibility index (Phi) is 4.06. The number of fused-ring (bicyclic) bond motifs is 1. The third-order valence-corrected chi connectivity index (χ3v) is 4.15. The van der Waals surface area contributed by atoms with Gasteiger partial charge in [-0.2, -0.15) is 0 Å². The Morgan fingerprint density at radius 3 is 2.77 bits per heavy atom. The van der Waals surface area contributed by atoms with Crippen molar-refractivity contribution >= 4 is 34.2 Å². The molecular weight excluding hydrogens is 352 g/mol. The van der Waals surface area contributed by atoms with Gasteiger partial charge in [-0.15, -0.1) is 15.0 Å². The molecule has 0 radical (unpaired) electrons. The van der Waals surface area contributed by atoms with Gasteiger partial charge in [-0.25, -0.2) is 4.98 Å². The van der Waals surface area contributed by atoms with Gasteiger partial charge in [-0.1, -0.05) is 41.9 Å². The van der Waals surface area contributed by atoms with Gasteiger partial charge in [0.15, 0.2) is 0 Å². The summed E-state index contributed by atoms with van der Waals surface area (Å²) in [4.78, 5) is 18.1. The molecule has 0 saturated carbocycles. The lowest BCUT2D eigenvalue weighted by Crippen LogP contribution is -2.15. The highest BCUT2D eigenvalue weighted by Gasteiger charge is 2.16. The second kappa shape index (κ2) is 6.53. The van der Waals surface area contributed by atoms with Crippen molar-refractivity contribution in [2.45, 2.75) is 6.92 Å². The number of nitrogens with one attached hydrogen (secondary N) is 1. The molecule has 2 heterocycles. The van der Waals surface area contributed by atoms with Crippen molar-refractivity contribution in [2.75, 3.05) is 5.32 Å². The van der Waals surface area contributed by atoms with Crippen LogP contribution >= 0.6 is 11.6 Å². The highest BCUT2D eigenvalue weighted by atomic mass is 35.5. The minimum absolute atomic E-state index is 0.0701. The molecule has 4 aromatic rings. The molecule has 0 aliphatic rings. The highest BCUT2D eigenvalue weighted by Crippen LogP contribution is 2.22. The summed E-state index contributed by atoms with van der Waals surface area (Å²) in [5, 5.41) is 16.0. The first-order valence-corrected chi connectivity index (χ1v) is 8.22. The lowest BCUT2D eigenvalue weighted by atomic mass is 10.2. The Morgan fingerprint density at radius 2 is 1.92 bits per heavy atom. The molecule has 0 spiro atoms. The summed E-state index contributed by atoms with van der Waals surface area (Å²) >= 11 is 6.20. The number of benzene rings is 2. The van der Waals surface area contributed by atoms with Gasteiger partial charge >= 0.3 is 0 Å². The Balaban J connectivity index is 1.60. The first kappa shape index (κ1) is 16.2. The summed E-state index contributed by atoms with van der Waals surface area (Å²) in [7, 11) is 0. The number of hydrogen-bond acceptors (Lipinski definition) is 5. The molecule has 2 aromatic carbocycles. The topological polar surface area (TPSA) is 85.6 Å². The van der Waals surface area contributed by atoms with Crippen molar-refractivity contribution < 1.29 is 4.79 Å². The van der Waals surface area contributed by atoms with Crippen LogP contribution in [0.5, 0.6) is 0 Å². The fourth-order valence-electron chi connectivity index (χ4n) is 2.58. The van der Waals surface area contributed by atoms with Crippen molar-refractivity contribution in [3.8, 4) is 5.69 Å². The second-order valence-corrected chi connectivity index (χ2v) is 6.06. The van der Waals surface area contributed by atoms with E-state index >= 15 is 0 Å². The number of pyridine rings is 1. The SMILES string of the molecule is Cc1cccc(Cl)c1-n1nnc(C(=O)Nc2ccc3ccccc3n2)n1. The minimum atomic E-state index is -0.497. The van der Waals surface area contributed by atoms with Crippen LogP contribution in [0.15, 0.2) is 54.6 Å². The molecule has 0 unspecified atom stereocenters. The van der Waals surface area contributed by atoms with Crippen LogP contribution in [0.25, 0.3) is 16.6 Å². The van der Waals surface area contributed by atoms with Gasteiger partial charge in [0.2, 0.25) is 0 Å². The zero-order valence-corrected chi connectivity index (χ0v) is 14.5. The number of para-hydroxylation sites is 2. The molecule has 0 bridgehead atoms. The smallest absolute Gasteiger partial charge is 0.298 e. The number of amides is 1. The van der Waals surface area contributed by atoms with E-state index in [2.05, 4.69) is 25.7 Å². The summed E-state index contributed by atoms with van der Waals surface area (Å²) in [5.74, 6) is -0.151. The van der Waals surface area contributed by atoms with Crippen LogP contribution in [0.1, 0.15) is 16.2 Å². The molecule has 1 amide bonds. The van der Waals surface area contributed by atoms with Gasteiger partial charge in [-0.3, -0.25) is 4.79 Å². The highest BCUT2D eigenvalue weighted by molar-refractivity contribution is 6.32. The predicted molar refractivity (Wildman–Crippen MR) is 98.6 cm³/mol. The van der Waals surface area contributed by atoms with Gasteiger partial charge in [-0.05, 0) is 42.0 Å². The number of aromatic nitrogens is 5. The van der Waals surface area contributed by atoms with Crippen molar-refractivity contribution in [1.82, 2.24) is 25.2 Å². The van der Waals surface area contributed by atoms with Gasteiger partial charge < -0.3 is 5.32 Å². The maximum Gasteiger partial charge on any atom is 0.298 e. The number of carbonyl (C=O) groups excluding carboxylic acids is 1. The van der Waals surface area contributed by atoms with Crippen LogP contribution in [0.2, 0.25) is 5.02 Å². The molecule has 2 aromatic heterocycles. The van der Waals surface area contributed by atoms with Gasteiger partial charge in [0.05, 0.1) is 10.5 Å². The van der Waals surface area contributed by atoms with Gasteiger partial charge in [0, 0.05) is 5.39 Å². The summed E-state index contributed by atoms with van der Waals surface area (Å²) < 4.78 is 0. The van der Waals surface area contributed by atoms with E-state index in [1.165, 1.54) is 4.80 Å². The first-order valence-electron chi connectivity index (χ1n) is 7.84. The third-order valence-electron chi connectivity index (χ3n) is 3.85. The van der Waals surface area contributed by atoms with Crippen LogP contribution in [0.4, 0.5) is 5.82 Å². The van der Waals surface area contributed by atoms with Crippen LogP contribution in [-0.4, -0.2) is 31.1 Å². The van der Waals surface area contributed by atoms with Crippen molar-refractivity contribution in [1.29, 1.82) is 0 Å². The number of carbonyl (C=O) groups is 1. The number of rotatable bonds is 3. The van der Waals surface area contributed by atoms with E-state index in [0.717, 1.165) is 16.5 Å². The normalized spacial score (nSPS) is 10.8. The Morgan fingerprint density at radius 1 is 1.08 bits per heavy atom. The monoisotopic (exact) mass is 364 g/mol. The van der Waals surface area contributed by atoms with E-state index in [9.17, 15) is 4.79 Å². The summed E-state index contributed by atoms with van der Waals surface area (Å²) in [5.41, 5.74) is 2.25. The largest absolute Gasteiger partial charge is 0.304 e. The Hall–Kier alpha value is -3.32. The van der Waals surface area contributed by atoms with Crippen molar-refractivity contribution in [3.63, 3.8) is 0 Å². The molecule has 0 fully saturated rings. The zero-order valence-electron chi connectivity index (χ0n) is 13.7. The van der Waals surface area contributed by atoms with E-state index < -0.39 is 5.91 Å². The number of hydrogen-bond donors (Lipinski definition) is 1. The lowest BCUT2D eigenvalue weighted by molar-refractivity contribution is 0.101. The number of tetrazole rings is 1. The van der Waals surface area contributed by atoms with E-state index in [0.29, 0.717) is 16.5 Å². The average Bonchev–Trinajstić information content (AvgIpc) is 3.11. The van der Waals surface area contributed by atoms with Gasteiger partial charge in [0.25, 0.3) is 11.7 Å². The fourth-order valence-corrected chi connectivity index (χ4v) is 2.88. The predicted octanol–water partition coefficient (Wildman–Crippen LogP) is 3.42. The molecule has 4 rings (SSSR count). The summed E-state index contributed by atoms with van der Waals surface area (Å²) in [6, 6.07) is 16.7. The summed E-state index contributed by atoms with van der Waals surface area (Å²) in [6.07, 6.45) is 0. The zero-order chi connectivity index (χ0) is 18.1. The van der Waals surface area contributed by atoms with Gasteiger partial charge in [0.1, 0.15) is 11.5 Å². The minimum Gasteiger partial charge on any atom is -0.304 e. The molecule has 7 nitrogen and oxygen atoms in total. The van der Waals surface area contributed by atoms with Crippen molar-refractivity contribution in [3.05, 3.63) is 71.0 Å². The van der Waals surface area contributed by atoms with Crippen LogP contribution in [-0.2, 0) is 0 Å². The van der Waals surface area contributed by atoms with E-state index in [-0.39, 0.29) is 5.82 Å². The van der Waals surface area contributed by atoms with E-state index in [1.54, 1.807) is 12.1 Å². The Bertz CT molecular complexity index is 1100. The maximum absolute atomic E-state index is 12.4. The molecule has 0 saturated heterocycles. The fraction of sp³-hybridized carbons (Fsp3) is 0.0556. The molecule has 26 heavy (non-hydrogen) atoms. The number of nitrogens with zero attached hydrogens (tertiary/aromatic N) is 5. The molecule has 0 aliphatic heterocycles. The molecular formula is C18H13ClN6O. The third kappa shape index (κ3) is 3.00. The number of halogens is 1. The molecule has 0 atom stereocenters. The average molecular weight is 365 g/mol. The second-order valence-electron chi connectivity index (χ2n) is 5.65. The number of anilines is 1. The first-order chi connectivity index (χ1) is 12.6. The van der Waals surface area contributed by atoms with Crippen LogP contribution in [0.3, 0.4) is 0 Å². The molecule has 1 N–H and O–H groups in total. The van der Waals surface area contributed by atoms with E-state index in [1.807, 2.05) is 49.4 Å². The standard InChI is InChI=1S/C18H13ClN6O/c1-11-5-4-7-13(19)16(11)25-23-17(22-24-25)18(26)21-15-10-9-12-6-2-3-8-14(12)20-15/h2-10H,1H3,(H,20,21,26). The molecule has 0 aliphatic carbocycles. The van der Waals surface area contributed by atoms with Crippen LogP contribution < -0.4 is 5.32 Å². The molecule has 128 valence electrons. The molecule has 8 heteroatoms. The Labute approximate surface area is 153 Å². The van der Waals surface area contributed by atoms with E-state index in [4.69, 9.17) is 11.6 Å².